The lowest BCUT2D eigenvalue weighted by molar-refractivity contribution is -0.120. The number of piperidine rings is 1. The monoisotopic (exact) mass is 335 g/mol. The summed E-state index contributed by atoms with van der Waals surface area (Å²) >= 11 is 0. The van der Waals surface area contributed by atoms with E-state index in [2.05, 4.69) is 15.0 Å². The molecule has 1 N–H and O–H groups in total. The van der Waals surface area contributed by atoms with Crippen LogP contribution in [0, 0.1) is 5.92 Å². The number of aromatic nitrogens is 1. The van der Waals surface area contributed by atoms with Crippen molar-refractivity contribution in [1.29, 1.82) is 0 Å². The Hall–Kier alpha value is -2.19. The summed E-state index contributed by atoms with van der Waals surface area (Å²) in [5.41, 5.74) is 0. The van der Waals surface area contributed by atoms with Crippen LogP contribution in [0.2, 0.25) is 0 Å². The molecule has 1 amide bonds. The minimum atomic E-state index is -3.49. The number of hydrogen-bond acceptors (Lipinski definition) is 5. The molecule has 1 saturated heterocycles. The Bertz CT molecular complexity index is 751. The Labute approximate surface area is 134 Å². The maximum Gasteiger partial charge on any atom is 0.243 e. The average molecular weight is 335 g/mol. The molecule has 2 aromatic rings. The molecule has 2 heterocycles. The molecule has 0 radical (unpaired) electrons. The van der Waals surface area contributed by atoms with Crippen molar-refractivity contribution in [1.82, 2.24) is 9.46 Å². The Morgan fingerprint density at radius 1 is 1.17 bits per heavy atom. The smallest absolute Gasteiger partial charge is 0.243 e. The average Bonchev–Trinajstić information content (AvgIpc) is 3.09. The van der Waals surface area contributed by atoms with Gasteiger partial charge in [0, 0.05) is 25.1 Å². The molecular formula is C15H17N3O4S. The van der Waals surface area contributed by atoms with E-state index in [0.29, 0.717) is 31.7 Å². The van der Waals surface area contributed by atoms with E-state index in [9.17, 15) is 13.2 Å². The molecule has 7 nitrogen and oxygen atoms in total. The molecule has 8 heteroatoms. The molecule has 1 fully saturated rings. The number of sulfonamides is 1. The summed E-state index contributed by atoms with van der Waals surface area (Å²) in [5.74, 6) is -0.0149. The summed E-state index contributed by atoms with van der Waals surface area (Å²) in [6.07, 6.45) is 2.34. The maximum absolute atomic E-state index is 12.5. The molecular weight excluding hydrogens is 318 g/mol. The SMILES string of the molecule is O=C(Nc1ccon1)C1CCN(S(=O)(=O)c2ccccc2)CC1. The third-order valence-electron chi connectivity index (χ3n) is 3.89. The van der Waals surface area contributed by atoms with Crippen LogP contribution in [-0.4, -0.2) is 36.9 Å². The number of nitrogens with zero attached hydrogens (tertiary/aromatic N) is 2. The van der Waals surface area contributed by atoms with Crippen molar-refractivity contribution in [2.24, 2.45) is 5.92 Å². The molecule has 0 saturated carbocycles. The Morgan fingerprint density at radius 2 is 1.87 bits per heavy atom. The zero-order valence-electron chi connectivity index (χ0n) is 12.4. The van der Waals surface area contributed by atoms with E-state index in [1.54, 1.807) is 36.4 Å². The Morgan fingerprint density at radius 3 is 2.48 bits per heavy atom. The fourth-order valence-corrected chi connectivity index (χ4v) is 4.10. The topological polar surface area (TPSA) is 92.5 Å². The fraction of sp³-hybridized carbons (Fsp3) is 0.333. The van der Waals surface area contributed by atoms with Crippen LogP contribution in [-0.2, 0) is 14.8 Å². The van der Waals surface area contributed by atoms with Gasteiger partial charge in [0.2, 0.25) is 15.9 Å². The first kappa shape index (κ1) is 15.7. The lowest BCUT2D eigenvalue weighted by Gasteiger charge is -2.30. The Kier molecular flexibility index (Phi) is 4.44. The van der Waals surface area contributed by atoms with E-state index < -0.39 is 10.0 Å². The van der Waals surface area contributed by atoms with Crippen LogP contribution in [0.1, 0.15) is 12.8 Å². The van der Waals surface area contributed by atoms with Gasteiger partial charge in [-0.15, -0.1) is 0 Å². The van der Waals surface area contributed by atoms with Gasteiger partial charge in [-0.2, -0.15) is 4.31 Å². The summed E-state index contributed by atoms with van der Waals surface area (Å²) < 4.78 is 31.1. The standard InChI is InChI=1S/C15H17N3O4S/c19-15(16-14-8-11-22-17-14)12-6-9-18(10-7-12)23(20,21)13-4-2-1-3-5-13/h1-5,8,11-12H,6-7,9-10H2,(H,16,17,19). The molecule has 1 aliphatic rings. The van der Waals surface area contributed by atoms with Crippen molar-refractivity contribution in [2.75, 3.05) is 18.4 Å². The molecule has 0 spiro atoms. The van der Waals surface area contributed by atoms with Crippen molar-refractivity contribution < 1.29 is 17.7 Å². The first-order chi connectivity index (χ1) is 11.1. The highest BCUT2D eigenvalue weighted by molar-refractivity contribution is 7.89. The van der Waals surface area contributed by atoms with E-state index in [1.807, 2.05) is 0 Å². The number of amides is 1. The van der Waals surface area contributed by atoms with Crippen LogP contribution < -0.4 is 5.32 Å². The number of benzene rings is 1. The van der Waals surface area contributed by atoms with Crippen molar-refractivity contribution >= 4 is 21.7 Å². The minimum Gasteiger partial charge on any atom is -0.363 e. The zero-order chi connectivity index (χ0) is 16.3. The summed E-state index contributed by atoms with van der Waals surface area (Å²) in [4.78, 5) is 12.4. The number of carbonyl (C=O) groups is 1. The summed E-state index contributed by atoms with van der Waals surface area (Å²) in [6, 6.07) is 9.90. The molecule has 0 atom stereocenters. The molecule has 1 aliphatic heterocycles. The normalized spacial score (nSPS) is 17.0. The molecule has 0 aliphatic carbocycles. The fourth-order valence-electron chi connectivity index (χ4n) is 2.61. The number of carbonyl (C=O) groups excluding carboxylic acids is 1. The lowest BCUT2D eigenvalue weighted by Crippen LogP contribution is -2.41. The van der Waals surface area contributed by atoms with E-state index in [-0.39, 0.29) is 16.7 Å². The van der Waals surface area contributed by atoms with Gasteiger partial charge < -0.3 is 9.84 Å². The second-order valence-electron chi connectivity index (χ2n) is 5.37. The number of anilines is 1. The molecule has 1 aromatic carbocycles. The highest BCUT2D eigenvalue weighted by Gasteiger charge is 2.32. The van der Waals surface area contributed by atoms with Crippen LogP contribution in [0.4, 0.5) is 5.82 Å². The first-order valence-corrected chi connectivity index (χ1v) is 8.78. The van der Waals surface area contributed by atoms with Gasteiger partial charge in [-0.1, -0.05) is 23.4 Å². The third kappa shape index (κ3) is 3.43. The second-order valence-corrected chi connectivity index (χ2v) is 7.30. The number of nitrogens with one attached hydrogen (secondary N) is 1. The number of rotatable bonds is 4. The van der Waals surface area contributed by atoms with Gasteiger partial charge in [0.05, 0.1) is 4.90 Å². The van der Waals surface area contributed by atoms with Crippen LogP contribution in [0.3, 0.4) is 0 Å². The van der Waals surface area contributed by atoms with Gasteiger partial charge in [-0.25, -0.2) is 8.42 Å². The molecule has 1 aromatic heterocycles. The molecule has 0 bridgehead atoms. The van der Waals surface area contributed by atoms with E-state index >= 15 is 0 Å². The first-order valence-electron chi connectivity index (χ1n) is 7.34. The number of hydrogen-bond donors (Lipinski definition) is 1. The van der Waals surface area contributed by atoms with Gasteiger partial charge in [0.1, 0.15) is 6.26 Å². The van der Waals surface area contributed by atoms with Gasteiger partial charge in [0.15, 0.2) is 5.82 Å². The van der Waals surface area contributed by atoms with Gasteiger partial charge in [-0.05, 0) is 25.0 Å². The van der Waals surface area contributed by atoms with E-state index in [1.165, 1.54) is 10.6 Å². The largest absolute Gasteiger partial charge is 0.363 e. The second kappa shape index (κ2) is 6.51. The van der Waals surface area contributed by atoms with Crippen molar-refractivity contribution in [3.8, 4) is 0 Å². The quantitative estimate of drug-likeness (QED) is 0.918. The highest BCUT2D eigenvalue weighted by atomic mass is 32.2. The molecule has 0 unspecified atom stereocenters. The molecule has 122 valence electrons. The van der Waals surface area contributed by atoms with Crippen LogP contribution >= 0.6 is 0 Å². The van der Waals surface area contributed by atoms with Gasteiger partial charge in [0.25, 0.3) is 0 Å². The minimum absolute atomic E-state index is 0.157. The maximum atomic E-state index is 12.5. The molecule has 3 rings (SSSR count). The highest BCUT2D eigenvalue weighted by Crippen LogP contribution is 2.24. The summed E-state index contributed by atoms with van der Waals surface area (Å²) in [5, 5.41) is 6.30. The van der Waals surface area contributed by atoms with E-state index in [0.717, 1.165) is 0 Å². The van der Waals surface area contributed by atoms with Crippen molar-refractivity contribution in [2.45, 2.75) is 17.7 Å². The summed E-state index contributed by atoms with van der Waals surface area (Å²) in [6.45, 7) is 0.655. The van der Waals surface area contributed by atoms with Gasteiger partial charge in [-0.3, -0.25) is 4.79 Å². The van der Waals surface area contributed by atoms with Crippen molar-refractivity contribution in [3.63, 3.8) is 0 Å². The van der Waals surface area contributed by atoms with E-state index in [4.69, 9.17) is 0 Å². The zero-order valence-corrected chi connectivity index (χ0v) is 13.2. The van der Waals surface area contributed by atoms with Crippen LogP contribution in [0.5, 0.6) is 0 Å². The van der Waals surface area contributed by atoms with Gasteiger partial charge >= 0.3 is 0 Å². The van der Waals surface area contributed by atoms with Crippen LogP contribution in [0.25, 0.3) is 0 Å². The van der Waals surface area contributed by atoms with Crippen molar-refractivity contribution in [3.05, 3.63) is 42.7 Å². The third-order valence-corrected chi connectivity index (χ3v) is 5.81. The summed E-state index contributed by atoms with van der Waals surface area (Å²) in [7, 11) is -3.49. The molecule has 23 heavy (non-hydrogen) atoms. The predicted molar refractivity (Wildman–Crippen MR) is 83.1 cm³/mol. The van der Waals surface area contributed by atoms with Crippen LogP contribution in [0.15, 0.2) is 52.1 Å². The Balaban J connectivity index is 1.61. The lowest BCUT2D eigenvalue weighted by atomic mass is 9.97. The predicted octanol–water partition coefficient (Wildman–Crippen LogP) is 1.71.